The first-order chi connectivity index (χ1) is 15.1. The van der Waals surface area contributed by atoms with Gasteiger partial charge in [0.15, 0.2) is 11.6 Å². The van der Waals surface area contributed by atoms with E-state index in [1.165, 1.54) is 43.7 Å². The summed E-state index contributed by atoms with van der Waals surface area (Å²) in [5.74, 6) is 1.25. The topological polar surface area (TPSA) is 18.5 Å². The van der Waals surface area contributed by atoms with Crippen LogP contribution in [0.1, 0.15) is 52.4 Å². The van der Waals surface area contributed by atoms with Crippen LogP contribution in [0.5, 0.6) is 11.5 Å². The zero-order valence-electron chi connectivity index (χ0n) is 18.5. The predicted octanol–water partition coefficient (Wildman–Crippen LogP) is 7.57. The van der Waals surface area contributed by atoms with Crippen molar-refractivity contribution in [3.05, 3.63) is 59.7 Å². The molecule has 3 atom stereocenters. The van der Waals surface area contributed by atoms with E-state index in [4.69, 9.17) is 9.47 Å². The number of hydrogen-bond donors (Lipinski definition) is 0. The summed E-state index contributed by atoms with van der Waals surface area (Å²) >= 11 is 0. The standard InChI is InChI=1S/C27H32F2O2/c1-3-5-18-8-12-23-20(9-13-22(18)23)17-31-21-10-6-19(7-11-21)24-14-15-25(30-16-4-2)27(29)26(24)28/h6-7,9-11,14-15,18,22-23H,3-5,8,12-13,16-17H2,1-2H3. The summed E-state index contributed by atoms with van der Waals surface area (Å²) in [6.07, 6.45) is 9.55. The average molecular weight is 427 g/mol. The highest BCUT2D eigenvalue weighted by Gasteiger charge is 2.39. The molecule has 31 heavy (non-hydrogen) atoms. The van der Waals surface area contributed by atoms with Gasteiger partial charge in [0.05, 0.1) is 6.61 Å². The van der Waals surface area contributed by atoms with E-state index in [2.05, 4.69) is 13.0 Å². The fourth-order valence-corrected chi connectivity index (χ4v) is 5.28. The van der Waals surface area contributed by atoms with Crippen LogP contribution in [0, 0.1) is 29.4 Å². The van der Waals surface area contributed by atoms with Gasteiger partial charge in [0.25, 0.3) is 0 Å². The van der Waals surface area contributed by atoms with E-state index in [0.29, 0.717) is 24.7 Å². The lowest BCUT2D eigenvalue weighted by atomic mass is 9.87. The second-order valence-electron chi connectivity index (χ2n) is 8.81. The molecule has 0 radical (unpaired) electrons. The quantitative estimate of drug-likeness (QED) is 0.385. The molecule has 1 fully saturated rings. The molecule has 4 rings (SSSR count). The molecule has 166 valence electrons. The SMILES string of the molecule is CCCOc1ccc(-c2ccc(OCC3=CCC4C(CCC)CCC34)cc2)c(F)c1F. The molecule has 0 heterocycles. The van der Waals surface area contributed by atoms with Gasteiger partial charge < -0.3 is 9.47 Å². The molecule has 0 spiro atoms. The Morgan fingerprint density at radius 3 is 2.45 bits per heavy atom. The molecule has 2 nitrogen and oxygen atoms in total. The molecule has 2 aliphatic carbocycles. The van der Waals surface area contributed by atoms with Gasteiger partial charge in [-0.25, -0.2) is 4.39 Å². The summed E-state index contributed by atoms with van der Waals surface area (Å²) in [7, 11) is 0. The third-order valence-corrected chi connectivity index (χ3v) is 6.84. The zero-order valence-corrected chi connectivity index (χ0v) is 18.5. The third kappa shape index (κ3) is 4.63. The van der Waals surface area contributed by atoms with E-state index in [1.54, 1.807) is 18.2 Å². The Balaban J connectivity index is 1.38. The van der Waals surface area contributed by atoms with E-state index in [-0.39, 0.29) is 11.3 Å². The van der Waals surface area contributed by atoms with E-state index in [1.807, 2.05) is 19.1 Å². The number of allylic oxidation sites excluding steroid dienone is 1. The van der Waals surface area contributed by atoms with Gasteiger partial charge in [0, 0.05) is 5.56 Å². The van der Waals surface area contributed by atoms with Crippen molar-refractivity contribution in [2.75, 3.05) is 13.2 Å². The van der Waals surface area contributed by atoms with E-state index in [0.717, 1.165) is 24.0 Å². The van der Waals surface area contributed by atoms with Gasteiger partial charge in [-0.1, -0.05) is 44.9 Å². The van der Waals surface area contributed by atoms with Crippen LogP contribution >= 0.6 is 0 Å². The van der Waals surface area contributed by atoms with Crippen molar-refractivity contribution in [2.45, 2.75) is 52.4 Å². The molecule has 0 saturated heterocycles. The molecule has 0 bridgehead atoms. The largest absolute Gasteiger partial charge is 0.490 e. The smallest absolute Gasteiger partial charge is 0.201 e. The average Bonchev–Trinajstić information content (AvgIpc) is 3.37. The minimum Gasteiger partial charge on any atom is -0.490 e. The van der Waals surface area contributed by atoms with E-state index >= 15 is 0 Å². The summed E-state index contributed by atoms with van der Waals surface area (Å²) in [4.78, 5) is 0. The highest BCUT2D eigenvalue weighted by Crippen LogP contribution is 2.49. The van der Waals surface area contributed by atoms with Gasteiger partial charge in [-0.3, -0.25) is 0 Å². The molecular weight excluding hydrogens is 394 g/mol. The minimum absolute atomic E-state index is 0.0423. The van der Waals surface area contributed by atoms with Crippen LogP contribution in [0.4, 0.5) is 8.78 Å². The molecule has 0 N–H and O–H groups in total. The lowest BCUT2D eigenvalue weighted by Crippen LogP contribution is -2.14. The third-order valence-electron chi connectivity index (χ3n) is 6.84. The van der Waals surface area contributed by atoms with Gasteiger partial charge >= 0.3 is 0 Å². The fourth-order valence-electron chi connectivity index (χ4n) is 5.28. The van der Waals surface area contributed by atoms with Crippen LogP contribution in [0.25, 0.3) is 11.1 Å². The monoisotopic (exact) mass is 426 g/mol. The van der Waals surface area contributed by atoms with Crippen LogP contribution in [-0.2, 0) is 0 Å². The van der Waals surface area contributed by atoms with Crippen molar-refractivity contribution in [2.24, 2.45) is 17.8 Å². The summed E-state index contributed by atoms with van der Waals surface area (Å²) < 4.78 is 40.2. The van der Waals surface area contributed by atoms with E-state index < -0.39 is 11.6 Å². The molecule has 0 amide bonds. The van der Waals surface area contributed by atoms with Gasteiger partial charge in [-0.05, 0) is 78.8 Å². The predicted molar refractivity (Wildman–Crippen MR) is 120 cm³/mol. The van der Waals surface area contributed by atoms with Crippen LogP contribution in [0.3, 0.4) is 0 Å². The second-order valence-corrected chi connectivity index (χ2v) is 8.81. The number of hydrogen-bond acceptors (Lipinski definition) is 2. The van der Waals surface area contributed by atoms with Crippen molar-refractivity contribution in [3.8, 4) is 22.6 Å². The van der Waals surface area contributed by atoms with Crippen molar-refractivity contribution in [1.29, 1.82) is 0 Å². The molecule has 3 unspecified atom stereocenters. The summed E-state index contributed by atoms with van der Waals surface area (Å²) in [5.41, 5.74) is 2.27. The number of ether oxygens (including phenoxy) is 2. The van der Waals surface area contributed by atoms with Gasteiger partial charge in [0.1, 0.15) is 12.4 Å². The minimum atomic E-state index is -0.938. The first kappa shape index (κ1) is 21.9. The van der Waals surface area contributed by atoms with Crippen LogP contribution in [0.2, 0.25) is 0 Å². The number of benzene rings is 2. The number of fused-ring (bicyclic) bond motifs is 1. The molecule has 1 saturated carbocycles. The van der Waals surface area contributed by atoms with Gasteiger partial charge in [-0.2, -0.15) is 4.39 Å². The molecule has 0 aliphatic heterocycles. The van der Waals surface area contributed by atoms with Gasteiger partial charge in [-0.15, -0.1) is 0 Å². The molecule has 2 aromatic carbocycles. The Kier molecular flexibility index (Phi) is 6.94. The van der Waals surface area contributed by atoms with Crippen LogP contribution in [-0.4, -0.2) is 13.2 Å². The van der Waals surface area contributed by atoms with Crippen LogP contribution < -0.4 is 9.47 Å². The summed E-state index contributed by atoms with van der Waals surface area (Å²) in [6, 6.07) is 10.3. The number of rotatable bonds is 9. The van der Waals surface area contributed by atoms with Gasteiger partial charge in [0.2, 0.25) is 5.82 Å². The Bertz CT molecular complexity index is 920. The molecule has 2 aromatic rings. The van der Waals surface area contributed by atoms with Crippen molar-refractivity contribution < 1.29 is 18.3 Å². The Morgan fingerprint density at radius 1 is 0.903 bits per heavy atom. The lowest BCUT2D eigenvalue weighted by Gasteiger charge is -2.19. The number of halogens is 2. The van der Waals surface area contributed by atoms with Crippen LogP contribution in [0.15, 0.2) is 48.0 Å². The summed E-state index contributed by atoms with van der Waals surface area (Å²) in [6.45, 7) is 5.17. The van der Waals surface area contributed by atoms with Crippen molar-refractivity contribution in [1.82, 2.24) is 0 Å². The first-order valence-corrected chi connectivity index (χ1v) is 11.6. The second kappa shape index (κ2) is 9.84. The Labute approximate surface area is 184 Å². The van der Waals surface area contributed by atoms with E-state index in [9.17, 15) is 8.78 Å². The maximum atomic E-state index is 14.5. The first-order valence-electron chi connectivity index (χ1n) is 11.6. The summed E-state index contributed by atoms with van der Waals surface area (Å²) in [5, 5.41) is 0. The van der Waals surface area contributed by atoms with Crippen molar-refractivity contribution >= 4 is 0 Å². The van der Waals surface area contributed by atoms with Crippen molar-refractivity contribution in [3.63, 3.8) is 0 Å². The fraction of sp³-hybridized carbons (Fsp3) is 0.481. The lowest BCUT2D eigenvalue weighted by molar-refractivity contribution is 0.295. The highest BCUT2D eigenvalue weighted by atomic mass is 19.2. The molecule has 0 aromatic heterocycles. The Morgan fingerprint density at radius 2 is 1.71 bits per heavy atom. The normalized spacial score (nSPS) is 22.3. The maximum absolute atomic E-state index is 14.5. The zero-order chi connectivity index (χ0) is 21.8. The molecular formula is C27H32F2O2. The highest BCUT2D eigenvalue weighted by molar-refractivity contribution is 5.66. The molecule has 4 heteroatoms. The Hall–Kier alpha value is -2.36. The maximum Gasteiger partial charge on any atom is 0.201 e. The molecule has 2 aliphatic rings.